The number of amides is 1. The van der Waals surface area contributed by atoms with Crippen molar-refractivity contribution in [2.45, 2.75) is 63.3 Å². The summed E-state index contributed by atoms with van der Waals surface area (Å²) in [5.74, 6) is -1.49. The quantitative estimate of drug-likeness (QED) is 0.281. The van der Waals surface area contributed by atoms with Crippen LogP contribution in [0, 0.1) is 5.82 Å². The number of benzene rings is 3. The summed E-state index contributed by atoms with van der Waals surface area (Å²) in [6.07, 6.45) is 0.530. The van der Waals surface area contributed by atoms with Crippen molar-refractivity contribution in [3.05, 3.63) is 105 Å². The van der Waals surface area contributed by atoms with E-state index in [1.807, 2.05) is 36.1 Å². The van der Waals surface area contributed by atoms with Gasteiger partial charge in [-0.1, -0.05) is 72.9 Å². The van der Waals surface area contributed by atoms with E-state index in [0.717, 1.165) is 23.1 Å². The summed E-state index contributed by atoms with van der Waals surface area (Å²) < 4.78 is 20.1. The van der Waals surface area contributed by atoms with E-state index < -0.39 is 24.2 Å². The first-order valence-corrected chi connectivity index (χ1v) is 13.5. The van der Waals surface area contributed by atoms with Gasteiger partial charge in [-0.15, -0.1) is 0 Å². The lowest BCUT2D eigenvalue weighted by molar-refractivity contribution is -0.180. The van der Waals surface area contributed by atoms with E-state index in [-0.39, 0.29) is 30.6 Å². The fourth-order valence-corrected chi connectivity index (χ4v) is 5.34. The number of ether oxygens (including phenoxy) is 1. The lowest BCUT2D eigenvalue weighted by Gasteiger charge is -2.48. The van der Waals surface area contributed by atoms with Crippen molar-refractivity contribution in [2.75, 3.05) is 0 Å². The molecular formula is C30H30Cl2FNO4. The Labute approximate surface area is 232 Å². The molecule has 3 aromatic carbocycles. The molecule has 200 valence electrons. The van der Waals surface area contributed by atoms with Crippen LogP contribution in [0.3, 0.4) is 0 Å². The highest BCUT2D eigenvalue weighted by molar-refractivity contribution is 6.30. The maximum absolute atomic E-state index is 14.2. The predicted octanol–water partition coefficient (Wildman–Crippen LogP) is 7.42. The van der Waals surface area contributed by atoms with E-state index in [1.165, 1.54) is 12.1 Å². The summed E-state index contributed by atoms with van der Waals surface area (Å²) >= 11 is 12.4. The van der Waals surface area contributed by atoms with Crippen LogP contribution in [-0.4, -0.2) is 34.0 Å². The van der Waals surface area contributed by atoms with Crippen molar-refractivity contribution in [1.82, 2.24) is 4.90 Å². The van der Waals surface area contributed by atoms with Gasteiger partial charge >= 0.3 is 5.97 Å². The summed E-state index contributed by atoms with van der Waals surface area (Å²) in [5, 5.41) is 10.6. The minimum Gasteiger partial charge on any atom is -0.481 e. The fourth-order valence-electron chi connectivity index (χ4n) is 5.09. The molecular weight excluding hydrogens is 528 g/mol. The Hall–Kier alpha value is -2.93. The third kappa shape index (κ3) is 6.73. The standard InChI is InChI=1S/C30H30Cl2FNO4/c1-2-3-25(16-17-27(35)36)34-28(20-6-10-22(31)11-7-20)29(21-8-12-23(32)13-9-21)38-26(30(34)37)18-19-4-14-24(33)15-5-19/h4-15,25-26,28-29H,2-3,16-18H2,1H3,(H,35,36)/t25-,26+,28+,29-/m0/s1. The van der Waals surface area contributed by atoms with Crippen LogP contribution in [0.4, 0.5) is 4.39 Å². The van der Waals surface area contributed by atoms with Crippen LogP contribution >= 0.6 is 23.2 Å². The number of morpholine rings is 1. The van der Waals surface area contributed by atoms with Gasteiger partial charge in [-0.05, 0) is 65.9 Å². The number of halogens is 3. The van der Waals surface area contributed by atoms with Crippen molar-refractivity contribution in [3.8, 4) is 0 Å². The van der Waals surface area contributed by atoms with Crippen LogP contribution in [-0.2, 0) is 20.7 Å². The second kappa shape index (κ2) is 12.7. The van der Waals surface area contributed by atoms with Gasteiger partial charge in [0.05, 0.1) is 6.04 Å². The molecule has 8 heteroatoms. The second-order valence-corrected chi connectivity index (χ2v) is 10.4. The molecule has 0 bridgehead atoms. The van der Waals surface area contributed by atoms with Crippen molar-refractivity contribution in [1.29, 1.82) is 0 Å². The van der Waals surface area contributed by atoms with Crippen molar-refractivity contribution in [3.63, 3.8) is 0 Å². The molecule has 0 aromatic heterocycles. The van der Waals surface area contributed by atoms with Gasteiger partial charge in [-0.25, -0.2) is 4.39 Å². The van der Waals surface area contributed by atoms with Gasteiger partial charge in [0.15, 0.2) is 0 Å². The van der Waals surface area contributed by atoms with Gasteiger partial charge in [0.1, 0.15) is 18.0 Å². The third-order valence-electron chi connectivity index (χ3n) is 6.88. The molecule has 0 spiro atoms. The highest BCUT2D eigenvalue weighted by atomic mass is 35.5. The third-order valence-corrected chi connectivity index (χ3v) is 7.38. The molecule has 1 N–H and O–H groups in total. The number of carboxylic acid groups (broad SMARTS) is 1. The van der Waals surface area contributed by atoms with E-state index in [2.05, 4.69) is 0 Å². The maximum Gasteiger partial charge on any atom is 0.303 e. The molecule has 38 heavy (non-hydrogen) atoms. The van der Waals surface area contributed by atoms with Crippen LogP contribution in [0.1, 0.15) is 61.4 Å². The van der Waals surface area contributed by atoms with Gasteiger partial charge in [0.2, 0.25) is 0 Å². The molecule has 1 fully saturated rings. The summed E-state index contributed by atoms with van der Waals surface area (Å²) in [6.45, 7) is 2.02. The number of carbonyl (C=O) groups is 2. The molecule has 4 rings (SSSR count). The topological polar surface area (TPSA) is 66.8 Å². The smallest absolute Gasteiger partial charge is 0.303 e. The van der Waals surface area contributed by atoms with Crippen LogP contribution < -0.4 is 0 Å². The molecule has 1 saturated heterocycles. The first kappa shape index (κ1) is 28.1. The van der Waals surface area contributed by atoms with Crippen molar-refractivity contribution >= 4 is 35.1 Å². The first-order valence-electron chi connectivity index (χ1n) is 12.7. The molecule has 0 radical (unpaired) electrons. The fraction of sp³-hybridized carbons (Fsp3) is 0.333. The number of carboxylic acids is 1. The van der Waals surface area contributed by atoms with Gasteiger partial charge in [-0.3, -0.25) is 9.59 Å². The molecule has 1 amide bonds. The summed E-state index contributed by atoms with van der Waals surface area (Å²) in [4.78, 5) is 27.5. The predicted molar refractivity (Wildman–Crippen MR) is 146 cm³/mol. The minimum atomic E-state index is -0.910. The van der Waals surface area contributed by atoms with E-state index in [4.69, 9.17) is 27.9 Å². The van der Waals surface area contributed by atoms with Gasteiger partial charge in [0, 0.05) is 28.9 Å². The summed E-state index contributed by atoms with van der Waals surface area (Å²) in [7, 11) is 0. The van der Waals surface area contributed by atoms with E-state index in [9.17, 15) is 19.1 Å². The summed E-state index contributed by atoms with van der Waals surface area (Å²) in [5.41, 5.74) is 2.44. The number of hydrogen-bond donors (Lipinski definition) is 1. The molecule has 0 unspecified atom stereocenters. The molecule has 3 aromatic rings. The number of rotatable bonds is 10. The molecule has 0 saturated carbocycles. The average molecular weight is 558 g/mol. The zero-order valence-corrected chi connectivity index (χ0v) is 22.5. The van der Waals surface area contributed by atoms with Crippen LogP contribution in [0.5, 0.6) is 0 Å². The number of carbonyl (C=O) groups excluding carboxylic acids is 1. The first-order chi connectivity index (χ1) is 18.3. The normalized spacial score (nSPS) is 20.4. The van der Waals surface area contributed by atoms with Crippen molar-refractivity contribution < 1.29 is 23.8 Å². The Morgan fingerprint density at radius 1 is 0.947 bits per heavy atom. The number of hydrogen-bond acceptors (Lipinski definition) is 3. The van der Waals surface area contributed by atoms with Crippen molar-refractivity contribution in [2.24, 2.45) is 0 Å². The molecule has 0 aliphatic carbocycles. The Bertz CT molecular complexity index is 1230. The Balaban J connectivity index is 1.82. The van der Waals surface area contributed by atoms with E-state index in [1.54, 1.807) is 36.4 Å². The van der Waals surface area contributed by atoms with Crippen LogP contribution in [0.25, 0.3) is 0 Å². The highest BCUT2D eigenvalue weighted by Gasteiger charge is 2.46. The monoisotopic (exact) mass is 557 g/mol. The number of aliphatic carboxylic acids is 1. The molecule has 4 atom stereocenters. The Morgan fingerprint density at radius 3 is 2.08 bits per heavy atom. The molecule has 1 aliphatic rings. The van der Waals surface area contributed by atoms with Gasteiger partial charge in [0.25, 0.3) is 5.91 Å². The van der Waals surface area contributed by atoms with Crippen LogP contribution in [0.15, 0.2) is 72.8 Å². The van der Waals surface area contributed by atoms with Gasteiger partial charge < -0.3 is 14.7 Å². The highest BCUT2D eigenvalue weighted by Crippen LogP contribution is 2.45. The molecule has 5 nitrogen and oxygen atoms in total. The zero-order chi connectivity index (χ0) is 27.2. The lowest BCUT2D eigenvalue weighted by atomic mass is 9.88. The average Bonchev–Trinajstić information content (AvgIpc) is 2.90. The Morgan fingerprint density at radius 2 is 1.53 bits per heavy atom. The van der Waals surface area contributed by atoms with Crippen LogP contribution in [0.2, 0.25) is 10.0 Å². The molecule has 1 aliphatic heterocycles. The SMILES string of the molecule is CCC[C@@H](CCC(=O)O)N1C(=O)[C@@H](Cc2ccc(F)cc2)O[C@@H](c2ccc(Cl)cc2)[C@H]1c1ccc(Cl)cc1. The largest absolute Gasteiger partial charge is 0.481 e. The van der Waals surface area contributed by atoms with E-state index in [0.29, 0.717) is 22.9 Å². The minimum absolute atomic E-state index is 0.0586. The second-order valence-electron chi connectivity index (χ2n) is 9.54. The summed E-state index contributed by atoms with van der Waals surface area (Å²) in [6, 6.07) is 19.8. The Kier molecular flexibility index (Phi) is 9.42. The molecule has 1 heterocycles. The maximum atomic E-state index is 14.2. The number of nitrogens with zero attached hydrogens (tertiary/aromatic N) is 1. The zero-order valence-electron chi connectivity index (χ0n) is 21.0. The van der Waals surface area contributed by atoms with E-state index >= 15 is 0 Å². The lowest BCUT2D eigenvalue weighted by Crippen LogP contribution is -2.55. The van der Waals surface area contributed by atoms with Gasteiger partial charge in [-0.2, -0.15) is 0 Å².